The Morgan fingerprint density at radius 1 is 0.976 bits per heavy atom. The van der Waals surface area contributed by atoms with Crippen LogP contribution in [-0.4, -0.2) is 24.2 Å². The van der Waals surface area contributed by atoms with Crippen molar-refractivity contribution in [2.75, 3.05) is 12.4 Å². The number of hydrazone groups is 1. The van der Waals surface area contributed by atoms with E-state index < -0.39 is 0 Å². The van der Waals surface area contributed by atoms with Crippen LogP contribution in [0.2, 0.25) is 15.1 Å². The van der Waals surface area contributed by atoms with E-state index in [2.05, 4.69) is 20.8 Å². The van der Waals surface area contributed by atoms with Gasteiger partial charge in [0.25, 0.3) is 5.91 Å². The highest BCUT2D eigenvalue weighted by atomic mass is 35.5. The Labute approximate surface area is 261 Å². The largest absolute Gasteiger partial charge is 0.493 e. The molecule has 0 saturated heterocycles. The number of amides is 1. The number of ether oxygens (including phenoxy) is 2. The van der Waals surface area contributed by atoms with E-state index in [9.17, 15) is 4.79 Å². The summed E-state index contributed by atoms with van der Waals surface area (Å²) in [4.78, 5) is 17.3. The first-order chi connectivity index (χ1) is 20.4. The predicted octanol–water partition coefficient (Wildman–Crippen LogP) is 8.87. The topological polar surface area (TPSA) is 84.8 Å². The van der Waals surface area contributed by atoms with Gasteiger partial charge in [-0.1, -0.05) is 59.1 Å². The molecule has 5 rings (SSSR count). The predicted molar refractivity (Wildman–Crippen MR) is 171 cm³/mol. The molecule has 0 aliphatic rings. The standard InChI is InChI=1S/C31H23Cl3N4O3S/c1-40-28-15-20(14-26(34)29(28)41-17-19-3-2-4-24(33)13-19)16-35-38-30(39)22-7-5-21(6-8-22)27-18-42-31(37-27)36-25-11-9-23(32)10-12-25/h2-16,18H,17H2,1H3,(H,36,37)(H,38,39)/b35-16-. The lowest BCUT2D eigenvalue weighted by atomic mass is 10.1. The van der Waals surface area contributed by atoms with Crippen LogP contribution in [0, 0.1) is 0 Å². The number of carbonyl (C=O) groups is 1. The molecule has 1 heterocycles. The number of hydrogen-bond donors (Lipinski definition) is 2. The lowest BCUT2D eigenvalue weighted by molar-refractivity contribution is 0.0955. The summed E-state index contributed by atoms with van der Waals surface area (Å²) in [6, 6.07) is 25.3. The van der Waals surface area contributed by atoms with Gasteiger partial charge in [-0.3, -0.25) is 4.79 Å². The summed E-state index contributed by atoms with van der Waals surface area (Å²) in [5, 5.41) is 11.7. The first-order valence-electron chi connectivity index (χ1n) is 12.5. The van der Waals surface area contributed by atoms with Crippen molar-refractivity contribution in [2.45, 2.75) is 6.61 Å². The van der Waals surface area contributed by atoms with Crippen molar-refractivity contribution in [1.29, 1.82) is 0 Å². The van der Waals surface area contributed by atoms with E-state index in [1.54, 1.807) is 30.3 Å². The van der Waals surface area contributed by atoms with Crippen LogP contribution in [0.5, 0.6) is 11.5 Å². The molecule has 0 saturated carbocycles. The second kappa shape index (κ2) is 13.7. The van der Waals surface area contributed by atoms with Crippen LogP contribution >= 0.6 is 46.1 Å². The van der Waals surface area contributed by atoms with Crippen molar-refractivity contribution < 1.29 is 14.3 Å². The number of carbonyl (C=O) groups excluding carboxylic acids is 1. The SMILES string of the molecule is COc1cc(/C=N\NC(=O)c2ccc(-c3csc(Nc4ccc(Cl)cc4)n3)cc2)cc(Cl)c1OCc1cccc(Cl)c1. The zero-order chi connectivity index (χ0) is 29.5. The highest BCUT2D eigenvalue weighted by Gasteiger charge is 2.13. The van der Waals surface area contributed by atoms with Gasteiger partial charge in [0, 0.05) is 32.2 Å². The molecule has 11 heteroatoms. The minimum Gasteiger partial charge on any atom is -0.493 e. The fraction of sp³-hybridized carbons (Fsp3) is 0.0645. The molecule has 42 heavy (non-hydrogen) atoms. The van der Waals surface area contributed by atoms with Crippen molar-refractivity contribution in [3.05, 3.63) is 122 Å². The number of benzene rings is 4. The molecule has 0 atom stereocenters. The monoisotopic (exact) mass is 636 g/mol. The average Bonchev–Trinajstić information content (AvgIpc) is 3.46. The Morgan fingerprint density at radius 3 is 2.50 bits per heavy atom. The fourth-order valence-electron chi connectivity index (χ4n) is 3.88. The van der Waals surface area contributed by atoms with Crippen molar-refractivity contribution in [3.8, 4) is 22.8 Å². The molecule has 7 nitrogen and oxygen atoms in total. The third-order valence-electron chi connectivity index (χ3n) is 5.95. The summed E-state index contributed by atoms with van der Waals surface area (Å²) in [5.41, 5.74) is 7.08. The van der Waals surface area contributed by atoms with Gasteiger partial charge in [0.15, 0.2) is 16.6 Å². The van der Waals surface area contributed by atoms with Gasteiger partial charge < -0.3 is 14.8 Å². The third-order valence-corrected chi connectivity index (χ3v) is 7.47. The van der Waals surface area contributed by atoms with E-state index in [0.717, 1.165) is 27.6 Å². The summed E-state index contributed by atoms with van der Waals surface area (Å²) >= 11 is 19.9. The maximum Gasteiger partial charge on any atom is 0.271 e. The molecule has 0 fully saturated rings. The normalized spacial score (nSPS) is 11.0. The summed E-state index contributed by atoms with van der Waals surface area (Å²) in [7, 11) is 1.52. The van der Waals surface area contributed by atoms with Gasteiger partial charge in [-0.25, -0.2) is 10.4 Å². The summed E-state index contributed by atoms with van der Waals surface area (Å²) in [6.07, 6.45) is 1.48. The molecule has 1 aromatic heterocycles. The smallest absolute Gasteiger partial charge is 0.271 e. The highest BCUT2D eigenvalue weighted by molar-refractivity contribution is 7.14. The van der Waals surface area contributed by atoms with E-state index >= 15 is 0 Å². The van der Waals surface area contributed by atoms with Gasteiger partial charge in [0.2, 0.25) is 0 Å². The number of anilines is 2. The number of nitrogens with zero attached hydrogens (tertiary/aromatic N) is 2. The number of nitrogens with one attached hydrogen (secondary N) is 2. The Morgan fingerprint density at radius 2 is 1.76 bits per heavy atom. The fourth-order valence-corrected chi connectivity index (χ4v) is 5.23. The number of thiazole rings is 1. The van der Waals surface area contributed by atoms with E-state index in [-0.39, 0.29) is 12.5 Å². The first kappa shape index (κ1) is 29.4. The van der Waals surface area contributed by atoms with Crippen LogP contribution in [0.15, 0.2) is 95.4 Å². The number of halogens is 3. The molecule has 0 bridgehead atoms. The zero-order valence-electron chi connectivity index (χ0n) is 22.1. The Balaban J connectivity index is 1.18. The van der Waals surface area contributed by atoms with Gasteiger partial charge in [0.1, 0.15) is 6.61 Å². The molecule has 0 aliphatic carbocycles. The molecule has 0 spiro atoms. The van der Waals surface area contributed by atoms with Crippen molar-refractivity contribution in [3.63, 3.8) is 0 Å². The van der Waals surface area contributed by atoms with Crippen LogP contribution < -0.4 is 20.2 Å². The first-order valence-corrected chi connectivity index (χ1v) is 14.6. The third kappa shape index (κ3) is 7.60. The molecule has 212 valence electrons. The van der Waals surface area contributed by atoms with E-state index in [1.807, 2.05) is 60.0 Å². The van der Waals surface area contributed by atoms with Gasteiger partial charge in [-0.2, -0.15) is 5.10 Å². The molecule has 0 radical (unpaired) electrons. The molecular formula is C31H23Cl3N4O3S. The molecule has 0 aliphatic heterocycles. The second-order valence-corrected chi connectivity index (χ2v) is 11.0. The lowest BCUT2D eigenvalue weighted by Crippen LogP contribution is -2.17. The summed E-state index contributed by atoms with van der Waals surface area (Å²) in [6.45, 7) is 0.267. The van der Waals surface area contributed by atoms with Crippen molar-refractivity contribution >= 4 is 69.1 Å². The minimum atomic E-state index is -0.360. The van der Waals surface area contributed by atoms with Crippen LogP contribution in [0.3, 0.4) is 0 Å². The maximum atomic E-state index is 12.7. The highest BCUT2D eigenvalue weighted by Crippen LogP contribution is 2.36. The number of aromatic nitrogens is 1. The molecule has 5 aromatic rings. The lowest BCUT2D eigenvalue weighted by Gasteiger charge is -2.13. The van der Waals surface area contributed by atoms with E-state index in [1.165, 1.54) is 24.7 Å². The van der Waals surface area contributed by atoms with E-state index in [0.29, 0.717) is 37.7 Å². The molecule has 0 unspecified atom stereocenters. The van der Waals surface area contributed by atoms with Crippen LogP contribution in [0.4, 0.5) is 10.8 Å². The maximum absolute atomic E-state index is 12.7. The summed E-state index contributed by atoms with van der Waals surface area (Å²) < 4.78 is 11.3. The van der Waals surface area contributed by atoms with Gasteiger partial charge >= 0.3 is 0 Å². The Bertz CT molecular complexity index is 1720. The van der Waals surface area contributed by atoms with Crippen molar-refractivity contribution in [1.82, 2.24) is 10.4 Å². The van der Waals surface area contributed by atoms with Crippen LogP contribution in [0.1, 0.15) is 21.5 Å². The molecule has 2 N–H and O–H groups in total. The second-order valence-electron chi connectivity index (χ2n) is 8.90. The van der Waals surface area contributed by atoms with E-state index in [4.69, 9.17) is 44.3 Å². The Hall–Kier alpha value is -4.08. The van der Waals surface area contributed by atoms with Gasteiger partial charge in [0.05, 0.1) is 24.0 Å². The number of hydrogen-bond acceptors (Lipinski definition) is 7. The minimum absolute atomic E-state index is 0.267. The molecular weight excluding hydrogens is 615 g/mol. The van der Waals surface area contributed by atoms with Gasteiger partial charge in [-0.15, -0.1) is 11.3 Å². The van der Waals surface area contributed by atoms with Crippen LogP contribution in [0.25, 0.3) is 11.3 Å². The Kier molecular flexibility index (Phi) is 9.61. The summed E-state index contributed by atoms with van der Waals surface area (Å²) in [5.74, 6) is 0.468. The molecule has 4 aromatic carbocycles. The van der Waals surface area contributed by atoms with Crippen LogP contribution in [-0.2, 0) is 6.61 Å². The zero-order valence-corrected chi connectivity index (χ0v) is 25.2. The van der Waals surface area contributed by atoms with Gasteiger partial charge in [-0.05, 0) is 71.8 Å². The quantitative estimate of drug-likeness (QED) is 0.118. The number of rotatable bonds is 10. The average molecular weight is 638 g/mol. The number of methoxy groups -OCH3 is 1. The van der Waals surface area contributed by atoms with Crippen molar-refractivity contribution in [2.24, 2.45) is 5.10 Å². The molecule has 1 amide bonds.